The van der Waals surface area contributed by atoms with Crippen molar-refractivity contribution in [1.82, 2.24) is 15.2 Å². The van der Waals surface area contributed by atoms with E-state index in [-0.39, 0.29) is 5.69 Å². The predicted molar refractivity (Wildman–Crippen MR) is 104 cm³/mol. The van der Waals surface area contributed by atoms with Crippen LogP contribution >= 0.6 is 0 Å². The molecule has 2 aromatic carbocycles. The number of fused-ring (bicyclic) bond motifs is 1. The number of carbonyl (C=O) groups is 1. The lowest BCUT2D eigenvalue weighted by Crippen LogP contribution is -2.20. The number of hydrazone groups is 1. The van der Waals surface area contributed by atoms with E-state index < -0.39 is 10.8 Å². The van der Waals surface area contributed by atoms with Crippen LogP contribution in [0.1, 0.15) is 33.7 Å². The summed E-state index contributed by atoms with van der Waals surface area (Å²) in [5.41, 5.74) is 5.90. The Labute approximate surface area is 160 Å². The van der Waals surface area contributed by atoms with Gasteiger partial charge in [-0.2, -0.15) is 10.2 Å². The van der Waals surface area contributed by atoms with Crippen molar-refractivity contribution in [2.75, 3.05) is 0 Å². The highest BCUT2D eigenvalue weighted by molar-refractivity contribution is 5.95. The first-order valence-electron chi connectivity index (χ1n) is 8.88. The molecule has 0 unspecified atom stereocenters. The third-order valence-corrected chi connectivity index (χ3v) is 4.65. The van der Waals surface area contributed by atoms with Gasteiger partial charge in [0.2, 0.25) is 0 Å². The number of carbonyl (C=O) groups excluding carboxylic acids is 1. The van der Waals surface area contributed by atoms with Crippen molar-refractivity contribution in [1.29, 1.82) is 0 Å². The maximum atomic E-state index is 12.6. The Hall–Kier alpha value is -3.81. The molecule has 28 heavy (non-hydrogen) atoms. The Kier molecular flexibility index (Phi) is 4.67. The molecule has 0 radical (unpaired) electrons. The fourth-order valence-electron chi connectivity index (χ4n) is 3.38. The van der Waals surface area contributed by atoms with E-state index in [0.717, 1.165) is 36.2 Å². The van der Waals surface area contributed by atoms with E-state index >= 15 is 0 Å². The number of hydrogen-bond acceptors (Lipinski definition) is 5. The number of para-hydroxylation sites is 2. The molecule has 1 heterocycles. The largest absolute Gasteiger partial charge is 0.292 e. The van der Waals surface area contributed by atoms with E-state index in [0.29, 0.717) is 11.3 Å². The number of nitro groups is 1. The number of nitrogens with zero attached hydrogens (tertiary/aromatic N) is 4. The molecule has 140 valence electrons. The number of aromatic nitrogens is 2. The van der Waals surface area contributed by atoms with Crippen molar-refractivity contribution in [3.05, 3.63) is 87.2 Å². The molecule has 0 atom stereocenters. The molecule has 0 fully saturated rings. The van der Waals surface area contributed by atoms with Crippen molar-refractivity contribution >= 4 is 17.8 Å². The lowest BCUT2D eigenvalue weighted by molar-refractivity contribution is -0.385. The minimum atomic E-state index is -0.489. The van der Waals surface area contributed by atoms with E-state index in [4.69, 9.17) is 0 Å². The first-order chi connectivity index (χ1) is 13.6. The predicted octanol–water partition coefficient (Wildman–Crippen LogP) is 3.03. The van der Waals surface area contributed by atoms with Crippen LogP contribution in [0.25, 0.3) is 5.69 Å². The van der Waals surface area contributed by atoms with Crippen LogP contribution in [0.4, 0.5) is 5.69 Å². The second-order valence-electron chi connectivity index (χ2n) is 6.39. The van der Waals surface area contributed by atoms with Crippen LogP contribution in [-0.4, -0.2) is 26.8 Å². The van der Waals surface area contributed by atoms with Crippen LogP contribution in [0.2, 0.25) is 0 Å². The van der Waals surface area contributed by atoms with Crippen molar-refractivity contribution in [3.63, 3.8) is 0 Å². The minimum Gasteiger partial charge on any atom is -0.265 e. The molecular weight excluding hydrogens is 358 g/mol. The van der Waals surface area contributed by atoms with Crippen LogP contribution in [0, 0.1) is 10.1 Å². The first-order valence-corrected chi connectivity index (χ1v) is 8.88. The summed E-state index contributed by atoms with van der Waals surface area (Å²) in [4.78, 5) is 23.2. The Bertz CT molecular complexity index is 1070. The number of nitro benzene ring substituents is 1. The van der Waals surface area contributed by atoms with Gasteiger partial charge >= 0.3 is 0 Å². The van der Waals surface area contributed by atoms with Crippen LogP contribution in [0.15, 0.2) is 59.7 Å². The van der Waals surface area contributed by atoms with Gasteiger partial charge in [-0.25, -0.2) is 10.1 Å². The molecule has 0 saturated carbocycles. The summed E-state index contributed by atoms with van der Waals surface area (Å²) in [6, 6.07) is 15.9. The van der Waals surface area contributed by atoms with Crippen molar-refractivity contribution in [2.24, 2.45) is 5.10 Å². The van der Waals surface area contributed by atoms with E-state index in [1.54, 1.807) is 18.2 Å². The van der Waals surface area contributed by atoms with Gasteiger partial charge in [0.25, 0.3) is 11.6 Å². The smallest absolute Gasteiger partial charge is 0.265 e. The summed E-state index contributed by atoms with van der Waals surface area (Å²) in [6.07, 6.45) is 3.90. The Morgan fingerprint density at radius 2 is 1.89 bits per heavy atom. The molecule has 4 rings (SSSR count). The molecule has 0 bridgehead atoms. The molecular formula is C20H17N5O3. The zero-order valence-corrected chi connectivity index (χ0v) is 14.9. The molecule has 1 aliphatic rings. The van der Waals surface area contributed by atoms with Gasteiger partial charge in [-0.05, 0) is 37.5 Å². The molecule has 1 amide bonds. The van der Waals surface area contributed by atoms with Gasteiger partial charge in [-0.1, -0.05) is 30.3 Å². The molecule has 1 aliphatic carbocycles. The lowest BCUT2D eigenvalue weighted by Gasteiger charge is -2.04. The molecule has 0 saturated heterocycles. The zero-order chi connectivity index (χ0) is 19.5. The summed E-state index contributed by atoms with van der Waals surface area (Å²) in [5, 5.41) is 19.4. The number of hydrogen-bond donors (Lipinski definition) is 1. The number of nitrogens with one attached hydrogen (secondary N) is 1. The molecule has 8 nitrogen and oxygen atoms in total. The summed E-state index contributed by atoms with van der Waals surface area (Å²) in [6.45, 7) is 0. The monoisotopic (exact) mass is 375 g/mol. The first kappa shape index (κ1) is 17.6. The van der Waals surface area contributed by atoms with Crippen molar-refractivity contribution in [3.8, 4) is 5.69 Å². The Morgan fingerprint density at radius 1 is 1.14 bits per heavy atom. The molecule has 3 aromatic rings. The normalized spacial score (nSPS) is 12.9. The highest BCUT2D eigenvalue weighted by Gasteiger charge is 2.26. The van der Waals surface area contributed by atoms with Crippen LogP contribution in [0.3, 0.4) is 0 Å². The molecule has 0 aliphatic heterocycles. The van der Waals surface area contributed by atoms with Gasteiger partial charge < -0.3 is 0 Å². The zero-order valence-electron chi connectivity index (χ0n) is 14.9. The van der Waals surface area contributed by atoms with E-state index in [2.05, 4.69) is 15.6 Å². The third-order valence-electron chi connectivity index (χ3n) is 4.65. The van der Waals surface area contributed by atoms with Gasteiger partial charge in [-0.3, -0.25) is 14.9 Å². The maximum Gasteiger partial charge on any atom is 0.292 e. The number of amides is 1. The number of rotatable bonds is 5. The second kappa shape index (κ2) is 7.43. The van der Waals surface area contributed by atoms with E-state index in [1.165, 1.54) is 12.3 Å². The van der Waals surface area contributed by atoms with E-state index in [1.807, 2.05) is 35.0 Å². The van der Waals surface area contributed by atoms with Crippen LogP contribution in [0.5, 0.6) is 0 Å². The van der Waals surface area contributed by atoms with Gasteiger partial charge in [0.1, 0.15) is 0 Å². The lowest BCUT2D eigenvalue weighted by atomic mass is 10.2. The maximum absolute atomic E-state index is 12.6. The second-order valence-corrected chi connectivity index (χ2v) is 6.39. The van der Waals surface area contributed by atoms with Gasteiger partial charge in [0, 0.05) is 17.3 Å². The van der Waals surface area contributed by atoms with Gasteiger partial charge in [0.05, 0.1) is 22.4 Å². The highest BCUT2D eigenvalue weighted by atomic mass is 16.6. The average molecular weight is 375 g/mol. The van der Waals surface area contributed by atoms with E-state index in [9.17, 15) is 14.9 Å². The standard InChI is InChI=1S/C20H17N5O3/c26-20(22-21-13-14-7-4-5-11-17(14)25(27)28)19-16-10-6-12-18(16)24(23-19)15-8-2-1-3-9-15/h1-5,7-9,11,13H,6,10,12H2,(H,22,26)/b21-13+. The summed E-state index contributed by atoms with van der Waals surface area (Å²) >= 11 is 0. The highest BCUT2D eigenvalue weighted by Crippen LogP contribution is 2.27. The molecule has 8 heteroatoms. The third kappa shape index (κ3) is 3.27. The van der Waals surface area contributed by atoms with Gasteiger partial charge in [0.15, 0.2) is 5.69 Å². The molecule has 0 spiro atoms. The number of benzene rings is 2. The minimum absolute atomic E-state index is 0.0743. The van der Waals surface area contributed by atoms with Crippen LogP contribution < -0.4 is 5.43 Å². The van der Waals surface area contributed by atoms with Gasteiger partial charge in [-0.15, -0.1) is 0 Å². The Morgan fingerprint density at radius 3 is 2.68 bits per heavy atom. The fourth-order valence-corrected chi connectivity index (χ4v) is 3.38. The summed E-state index contributed by atoms with van der Waals surface area (Å²) in [5.74, 6) is -0.428. The Balaban J connectivity index is 1.58. The molecule has 1 aromatic heterocycles. The fraction of sp³-hybridized carbons (Fsp3) is 0.150. The quantitative estimate of drug-likeness (QED) is 0.421. The van der Waals surface area contributed by atoms with Crippen molar-refractivity contribution < 1.29 is 9.72 Å². The average Bonchev–Trinajstić information content (AvgIpc) is 3.31. The molecule has 1 N–H and O–H groups in total. The SMILES string of the molecule is O=C(N/N=C/c1ccccc1[N+](=O)[O-])c1nn(-c2ccccc2)c2c1CCC2. The summed E-state index contributed by atoms with van der Waals surface area (Å²) < 4.78 is 1.81. The van der Waals surface area contributed by atoms with Crippen molar-refractivity contribution in [2.45, 2.75) is 19.3 Å². The summed E-state index contributed by atoms with van der Waals surface area (Å²) in [7, 11) is 0. The van der Waals surface area contributed by atoms with Crippen LogP contribution in [-0.2, 0) is 12.8 Å². The topological polar surface area (TPSA) is 102 Å².